The maximum absolute atomic E-state index is 12.8. The van der Waals surface area contributed by atoms with Crippen LogP contribution >= 0.6 is 0 Å². The Balaban J connectivity index is 1.73. The molecule has 1 aromatic heterocycles. The Morgan fingerprint density at radius 1 is 1.25 bits per heavy atom. The minimum absolute atomic E-state index is 0.0372. The van der Waals surface area contributed by atoms with Gasteiger partial charge in [0.25, 0.3) is 5.91 Å². The largest absolute Gasteiger partial charge is 0.448 e. The number of hydrogen-bond acceptors (Lipinski definition) is 5. The number of aryl methyl sites for hydroxylation is 1. The smallest absolute Gasteiger partial charge is 0.359 e. The molecular formula is C18H19N3O3. The molecule has 2 atom stereocenters. The SMILES string of the molecule is Cc1cnc(C(=O)O[C@@H](C)C(=O)N2c3ccccc3C[C@H]2C)cn1. The molecule has 124 valence electrons. The van der Waals surface area contributed by atoms with Crippen molar-refractivity contribution in [3.05, 3.63) is 53.6 Å². The molecule has 1 aliphatic rings. The van der Waals surface area contributed by atoms with Crippen LogP contribution in [0.4, 0.5) is 5.69 Å². The number of carbonyl (C=O) groups is 2. The Labute approximate surface area is 140 Å². The first-order chi connectivity index (χ1) is 11.5. The standard InChI is InChI=1S/C18H19N3O3/c1-11-9-20-15(10-19-11)18(23)24-13(3)17(22)21-12(2)8-14-6-4-5-7-16(14)21/h4-7,9-10,12-13H,8H2,1-3H3/t12-,13+/m1/s1. The lowest BCUT2D eigenvalue weighted by Gasteiger charge is -2.25. The number of para-hydroxylation sites is 1. The zero-order valence-corrected chi connectivity index (χ0v) is 13.9. The highest BCUT2D eigenvalue weighted by molar-refractivity contribution is 6.00. The van der Waals surface area contributed by atoms with Gasteiger partial charge in [-0.2, -0.15) is 0 Å². The molecule has 1 aromatic carbocycles. The minimum atomic E-state index is -0.894. The summed E-state index contributed by atoms with van der Waals surface area (Å²) < 4.78 is 5.28. The minimum Gasteiger partial charge on any atom is -0.448 e. The topological polar surface area (TPSA) is 72.4 Å². The van der Waals surface area contributed by atoms with Gasteiger partial charge in [0, 0.05) is 17.9 Å². The number of hydrogen-bond donors (Lipinski definition) is 0. The number of rotatable bonds is 3. The van der Waals surface area contributed by atoms with Crippen LogP contribution in [0.25, 0.3) is 0 Å². The maximum Gasteiger partial charge on any atom is 0.359 e. The van der Waals surface area contributed by atoms with E-state index < -0.39 is 12.1 Å². The summed E-state index contributed by atoms with van der Waals surface area (Å²) in [5.41, 5.74) is 2.81. The van der Waals surface area contributed by atoms with Crippen LogP contribution in [0.3, 0.4) is 0 Å². The molecule has 0 radical (unpaired) electrons. The Kier molecular flexibility index (Phi) is 4.29. The Morgan fingerprint density at radius 2 is 2.00 bits per heavy atom. The Hall–Kier alpha value is -2.76. The van der Waals surface area contributed by atoms with Crippen molar-refractivity contribution in [2.24, 2.45) is 0 Å². The van der Waals surface area contributed by atoms with Gasteiger partial charge in [0.1, 0.15) is 0 Å². The molecule has 2 aromatic rings. The molecule has 6 nitrogen and oxygen atoms in total. The number of fused-ring (bicyclic) bond motifs is 1. The molecule has 0 bridgehead atoms. The van der Waals surface area contributed by atoms with Crippen molar-refractivity contribution in [3.8, 4) is 0 Å². The molecular weight excluding hydrogens is 306 g/mol. The zero-order valence-electron chi connectivity index (χ0n) is 13.9. The van der Waals surface area contributed by atoms with Crippen molar-refractivity contribution < 1.29 is 14.3 Å². The van der Waals surface area contributed by atoms with Crippen LogP contribution in [0.2, 0.25) is 0 Å². The van der Waals surface area contributed by atoms with Crippen LogP contribution in [-0.2, 0) is 16.0 Å². The van der Waals surface area contributed by atoms with E-state index in [0.717, 1.165) is 17.7 Å². The van der Waals surface area contributed by atoms with Crippen LogP contribution in [0.5, 0.6) is 0 Å². The van der Waals surface area contributed by atoms with E-state index in [9.17, 15) is 9.59 Å². The highest BCUT2D eigenvalue weighted by atomic mass is 16.5. The number of anilines is 1. The number of nitrogens with zero attached hydrogens (tertiary/aromatic N) is 3. The van der Waals surface area contributed by atoms with E-state index in [0.29, 0.717) is 5.69 Å². The van der Waals surface area contributed by atoms with Crippen LogP contribution < -0.4 is 4.90 Å². The summed E-state index contributed by atoms with van der Waals surface area (Å²) in [5, 5.41) is 0. The van der Waals surface area contributed by atoms with E-state index >= 15 is 0 Å². The summed E-state index contributed by atoms with van der Waals surface area (Å²) in [6.45, 7) is 5.34. The number of benzene rings is 1. The second-order valence-electron chi connectivity index (χ2n) is 5.98. The highest BCUT2D eigenvalue weighted by Gasteiger charge is 2.34. The van der Waals surface area contributed by atoms with Crippen molar-refractivity contribution in [2.75, 3.05) is 4.90 Å². The molecule has 0 saturated heterocycles. The lowest BCUT2D eigenvalue weighted by Crippen LogP contribution is -2.43. The molecule has 0 fully saturated rings. The number of ether oxygens (including phenoxy) is 1. The molecule has 1 aliphatic heterocycles. The number of carbonyl (C=O) groups excluding carboxylic acids is 2. The van der Waals surface area contributed by atoms with Gasteiger partial charge in [0.15, 0.2) is 11.8 Å². The lowest BCUT2D eigenvalue weighted by atomic mass is 10.1. The molecule has 0 aliphatic carbocycles. The molecule has 0 spiro atoms. The summed E-state index contributed by atoms with van der Waals surface area (Å²) in [5.74, 6) is -0.885. The fourth-order valence-corrected chi connectivity index (χ4v) is 2.87. The molecule has 24 heavy (non-hydrogen) atoms. The second-order valence-corrected chi connectivity index (χ2v) is 5.98. The summed E-state index contributed by atoms with van der Waals surface area (Å²) in [6, 6.07) is 7.82. The number of aromatic nitrogens is 2. The van der Waals surface area contributed by atoms with Gasteiger partial charge in [-0.25, -0.2) is 9.78 Å². The molecule has 0 saturated carbocycles. The maximum atomic E-state index is 12.8. The van der Waals surface area contributed by atoms with Gasteiger partial charge in [0.2, 0.25) is 0 Å². The third-order valence-electron chi connectivity index (χ3n) is 4.07. The lowest BCUT2D eigenvalue weighted by molar-refractivity contribution is -0.126. The quantitative estimate of drug-likeness (QED) is 0.810. The highest BCUT2D eigenvalue weighted by Crippen LogP contribution is 2.32. The Bertz CT molecular complexity index is 773. The third-order valence-corrected chi connectivity index (χ3v) is 4.07. The molecule has 1 amide bonds. The van der Waals surface area contributed by atoms with Gasteiger partial charge >= 0.3 is 5.97 Å². The fourth-order valence-electron chi connectivity index (χ4n) is 2.87. The average molecular weight is 325 g/mol. The normalized spacial score (nSPS) is 17.3. The molecule has 0 N–H and O–H groups in total. The van der Waals surface area contributed by atoms with Crippen molar-refractivity contribution in [3.63, 3.8) is 0 Å². The van der Waals surface area contributed by atoms with E-state index in [1.807, 2.05) is 31.2 Å². The molecule has 0 unspecified atom stereocenters. The first kappa shape index (κ1) is 16.1. The van der Waals surface area contributed by atoms with Crippen LogP contribution in [0, 0.1) is 6.92 Å². The monoisotopic (exact) mass is 325 g/mol. The summed E-state index contributed by atoms with van der Waals surface area (Å²) in [6.07, 6.45) is 2.74. The van der Waals surface area contributed by atoms with E-state index in [1.165, 1.54) is 12.4 Å². The van der Waals surface area contributed by atoms with Crippen molar-refractivity contribution in [1.82, 2.24) is 9.97 Å². The predicted molar refractivity (Wildman–Crippen MR) is 88.7 cm³/mol. The summed E-state index contributed by atoms with van der Waals surface area (Å²) >= 11 is 0. The van der Waals surface area contributed by atoms with Crippen molar-refractivity contribution in [1.29, 1.82) is 0 Å². The van der Waals surface area contributed by atoms with Crippen molar-refractivity contribution >= 4 is 17.6 Å². The Morgan fingerprint density at radius 3 is 2.71 bits per heavy atom. The van der Waals surface area contributed by atoms with Gasteiger partial charge < -0.3 is 9.64 Å². The summed E-state index contributed by atoms with van der Waals surface area (Å²) in [4.78, 5) is 34.6. The van der Waals surface area contributed by atoms with Gasteiger partial charge in [-0.3, -0.25) is 9.78 Å². The van der Waals surface area contributed by atoms with Gasteiger partial charge in [-0.05, 0) is 38.8 Å². The molecule has 2 heterocycles. The summed E-state index contributed by atoms with van der Waals surface area (Å²) in [7, 11) is 0. The zero-order chi connectivity index (χ0) is 17.3. The van der Waals surface area contributed by atoms with Crippen LogP contribution in [-0.4, -0.2) is 34.0 Å². The number of amides is 1. The molecule has 3 rings (SSSR count). The van der Waals surface area contributed by atoms with Gasteiger partial charge in [-0.1, -0.05) is 18.2 Å². The van der Waals surface area contributed by atoms with E-state index in [2.05, 4.69) is 9.97 Å². The van der Waals surface area contributed by atoms with Crippen molar-refractivity contribution in [2.45, 2.75) is 39.3 Å². The van der Waals surface area contributed by atoms with E-state index in [1.54, 1.807) is 18.7 Å². The van der Waals surface area contributed by atoms with Gasteiger partial charge in [-0.15, -0.1) is 0 Å². The molecule has 6 heteroatoms. The average Bonchev–Trinajstić information content (AvgIpc) is 2.90. The van der Waals surface area contributed by atoms with Crippen LogP contribution in [0.1, 0.15) is 35.6 Å². The predicted octanol–water partition coefficient (Wildman–Crippen LogP) is 2.31. The number of esters is 1. The van der Waals surface area contributed by atoms with Crippen LogP contribution in [0.15, 0.2) is 36.7 Å². The van der Waals surface area contributed by atoms with E-state index in [-0.39, 0.29) is 17.6 Å². The fraction of sp³-hybridized carbons (Fsp3) is 0.333. The first-order valence-corrected chi connectivity index (χ1v) is 7.88. The third kappa shape index (κ3) is 2.99. The van der Waals surface area contributed by atoms with E-state index in [4.69, 9.17) is 4.74 Å². The first-order valence-electron chi connectivity index (χ1n) is 7.88. The second kappa shape index (κ2) is 6.39. The van der Waals surface area contributed by atoms with Gasteiger partial charge in [0.05, 0.1) is 11.9 Å².